The van der Waals surface area contributed by atoms with E-state index in [1.807, 2.05) is 0 Å². The summed E-state index contributed by atoms with van der Waals surface area (Å²) in [5, 5.41) is 7.79. The van der Waals surface area contributed by atoms with Crippen LogP contribution in [0, 0.1) is 0 Å². The molecule has 0 radical (unpaired) electrons. The number of hydrogen-bond donors (Lipinski definition) is 0. The summed E-state index contributed by atoms with van der Waals surface area (Å²) in [6.45, 7) is 4.94. The highest BCUT2D eigenvalue weighted by atomic mass is 28.3. The maximum atomic E-state index is 5.32. The van der Waals surface area contributed by atoms with Gasteiger partial charge in [-0.25, -0.2) is 15.0 Å². The first-order valence-electron chi connectivity index (χ1n) is 18.2. The van der Waals surface area contributed by atoms with Gasteiger partial charge in [-0.1, -0.05) is 183 Å². The molecule has 0 atom stereocenters. The minimum atomic E-state index is -2.02. The van der Waals surface area contributed by atoms with E-state index in [4.69, 9.17) is 15.0 Å². The molecule has 1 aliphatic rings. The van der Waals surface area contributed by atoms with Crippen LogP contribution < -0.4 is 10.4 Å². The molecule has 4 heteroatoms. The van der Waals surface area contributed by atoms with Gasteiger partial charge in [-0.05, 0) is 71.4 Å². The second kappa shape index (κ2) is 12.3. The Bertz CT molecular complexity index is 2860. The fourth-order valence-corrected chi connectivity index (χ4v) is 11.4. The summed E-state index contributed by atoms with van der Waals surface area (Å²) in [5.41, 5.74) is 10.3. The fourth-order valence-electron chi connectivity index (χ4n) is 8.30. The van der Waals surface area contributed by atoms with Gasteiger partial charge in [0, 0.05) is 16.7 Å². The summed E-state index contributed by atoms with van der Waals surface area (Å²) in [4.78, 5) is 15.9. The number of rotatable bonds is 5. The van der Waals surface area contributed by atoms with Gasteiger partial charge in [0.2, 0.25) is 0 Å². The van der Waals surface area contributed by atoms with Crippen LogP contribution >= 0.6 is 0 Å². The second-order valence-corrected chi connectivity index (χ2v) is 18.7. The Morgan fingerprint density at radius 3 is 1.60 bits per heavy atom. The first-order valence-corrected chi connectivity index (χ1v) is 21.2. The molecule has 0 bridgehead atoms. The van der Waals surface area contributed by atoms with Gasteiger partial charge in [0.05, 0.1) is 0 Å². The predicted octanol–water partition coefficient (Wildman–Crippen LogP) is 11.3. The van der Waals surface area contributed by atoms with E-state index >= 15 is 0 Å². The van der Waals surface area contributed by atoms with Gasteiger partial charge in [-0.3, -0.25) is 0 Å². The molecule has 250 valence electrons. The molecule has 0 saturated carbocycles. The van der Waals surface area contributed by atoms with E-state index in [0.717, 1.165) is 33.2 Å². The van der Waals surface area contributed by atoms with Gasteiger partial charge in [-0.15, -0.1) is 0 Å². The molecule has 0 N–H and O–H groups in total. The van der Waals surface area contributed by atoms with Crippen LogP contribution in [0.15, 0.2) is 176 Å². The van der Waals surface area contributed by atoms with E-state index in [1.165, 1.54) is 48.8 Å². The molecule has 0 fully saturated rings. The van der Waals surface area contributed by atoms with Crippen LogP contribution in [-0.4, -0.2) is 23.0 Å². The molecule has 0 amide bonds. The van der Waals surface area contributed by atoms with Gasteiger partial charge in [0.15, 0.2) is 17.5 Å². The molecular formula is C49H35N3Si. The average molecular weight is 694 g/mol. The minimum absolute atomic E-state index is 0.659. The van der Waals surface area contributed by atoms with Crippen molar-refractivity contribution in [3.63, 3.8) is 0 Å². The fraction of sp³-hybridized carbons (Fsp3) is 0.0408. The Labute approximate surface area is 310 Å². The van der Waals surface area contributed by atoms with E-state index in [9.17, 15) is 0 Å². The van der Waals surface area contributed by atoms with Crippen LogP contribution in [0.2, 0.25) is 13.1 Å². The standard InChI is InChI=1S/C49H35N3Si/c1-53(2)44-30-26-34-19-9-10-21-38(34)46(44)43-27-25-35(31-45(43)53)47-50-48(41-24-14-11-20-36(41)32-15-5-3-6-16-32)52-49(51-47)42-29-28-37(33-17-7-4-8-18-33)39-22-12-13-23-40(39)42/h3-31H,1-2H3. The van der Waals surface area contributed by atoms with Gasteiger partial charge in [0.25, 0.3) is 0 Å². The third-order valence-electron chi connectivity index (χ3n) is 11.0. The quantitative estimate of drug-likeness (QED) is 0.168. The lowest BCUT2D eigenvalue weighted by atomic mass is 9.94. The zero-order valence-electron chi connectivity index (χ0n) is 29.6. The Hall–Kier alpha value is -6.49. The zero-order chi connectivity index (χ0) is 35.5. The van der Waals surface area contributed by atoms with Crippen molar-refractivity contribution in [2.75, 3.05) is 0 Å². The van der Waals surface area contributed by atoms with Crippen LogP contribution in [0.1, 0.15) is 0 Å². The van der Waals surface area contributed by atoms with Crippen molar-refractivity contribution in [1.29, 1.82) is 0 Å². The normalized spacial score (nSPS) is 12.9. The molecule has 8 aromatic carbocycles. The highest BCUT2D eigenvalue weighted by Gasteiger charge is 2.38. The van der Waals surface area contributed by atoms with E-state index in [0.29, 0.717) is 17.5 Å². The second-order valence-electron chi connectivity index (χ2n) is 14.4. The lowest BCUT2D eigenvalue weighted by Crippen LogP contribution is -2.49. The Kier molecular flexibility index (Phi) is 7.27. The number of fused-ring (bicyclic) bond motifs is 6. The van der Waals surface area contributed by atoms with Crippen molar-refractivity contribution in [2.24, 2.45) is 0 Å². The lowest BCUT2D eigenvalue weighted by molar-refractivity contribution is 1.08. The first-order chi connectivity index (χ1) is 26.0. The third kappa shape index (κ3) is 5.14. The summed E-state index contributed by atoms with van der Waals surface area (Å²) in [5.74, 6) is 2.00. The molecule has 10 rings (SSSR count). The highest BCUT2D eigenvalue weighted by molar-refractivity contribution is 7.04. The Morgan fingerprint density at radius 2 is 0.868 bits per heavy atom. The first kappa shape index (κ1) is 31.3. The molecule has 1 aliphatic heterocycles. The number of benzene rings is 8. The molecule has 0 unspecified atom stereocenters. The Morgan fingerprint density at radius 1 is 0.340 bits per heavy atom. The monoisotopic (exact) mass is 693 g/mol. The molecule has 3 nitrogen and oxygen atoms in total. The molecule has 1 aromatic heterocycles. The molecular weight excluding hydrogens is 659 g/mol. The Balaban J connectivity index is 1.20. The topological polar surface area (TPSA) is 38.7 Å². The predicted molar refractivity (Wildman–Crippen MR) is 224 cm³/mol. The van der Waals surface area contributed by atoms with Gasteiger partial charge >= 0.3 is 0 Å². The molecule has 0 aliphatic carbocycles. The lowest BCUT2D eigenvalue weighted by Gasteiger charge is -2.19. The van der Waals surface area contributed by atoms with E-state index < -0.39 is 8.07 Å². The molecule has 53 heavy (non-hydrogen) atoms. The summed E-state index contributed by atoms with van der Waals surface area (Å²) in [6, 6.07) is 62.8. The molecule has 9 aromatic rings. The van der Waals surface area contributed by atoms with E-state index in [-0.39, 0.29) is 0 Å². The van der Waals surface area contributed by atoms with Crippen LogP contribution in [0.5, 0.6) is 0 Å². The van der Waals surface area contributed by atoms with E-state index in [1.54, 1.807) is 0 Å². The van der Waals surface area contributed by atoms with Crippen molar-refractivity contribution in [1.82, 2.24) is 15.0 Å². The van der Waals surface area contributed by atoms with Gasteiger partial charge in [0.1, 0.15) is 8.07 Å². The third-order valence-corrected chi connectivity index (χ3v) is 14.5. The summed E-state index contributed by atoms with van der Waals surface area (Å²) in [7, 11) is -2.02. The summed E-state index contributed by atoms with van der Waals surface area (Å²) >= 11 is 0. The van der Waals surface area contributed by atoms with Crippen LogP contribution in [0.3, 0.4) is 0 Å². The van der Waals surface area contributed by atoms with Crippen molar-refractivity contribution in [3.8, 4) is 67.5 Å². The minimum Gasteiger partial charge on any atom is -0.208 e. The summed E-state index contributed by atoms with van der Waals surface area (Å²) in [6.07, 6.45) is 0. The molecule has 0 saturated heterocycles. The van der Waals surface area contributed by atoms with Crippen molar-refractivity contribution in [3.05, 3.63) is 176 Å². The zero-order valence-corrected chi connectivity index (χ0v) is 30.6. The number of hydrogen-bond acceptors (Lipinski definition) is 3. The van der Waals surface area contributed by atoms with Crippen molar-refractivity contribution >= 4 is 40.0 Å². The maximum Gasteiger partial charge on any atom is 0.164 e. The maximum absolute atomic E-state index is 5.32. The van der Waals surface area contributed by atoms with E-state index in [2.05, 4.69) is 189 Å². The van der Waals surface area contributed by atoms with Crippen LogP contribution in [0.25, 0.3) is 89.1 Å². The molecule has 2 heterocycles. The van der Waals surface area contributed by atoms with Crippen molar-refractivity contribution < 1.29 is 0 Å². The van der Waals surface area contributed by atoms with Crippen molar-refractivity contribution in [2.45, 2.75) is 13.1 Å². The van der Waals surface area contributed by atoms with Gasteiger partial charge in [-0.2, -0.15) is 0 Å². The highest BCUT2D eigenvalue weighted by Crippen LogP contribution is 2.39. The number of aromatic nitrogens is 3. The van der Waals surface area contributed by atoms with Crippen LogP contribution in [0.4, 0.5) is 0 Å². The average Bonchev–Trinajstić information content (AvgIpc) is 3.46. The van der Waals surface area contributed by atoms with Gasteiger partial charge < -0.3 is 0 Å². The summed E-state index contributed by atoms with van der Waals surface area (Å²) < 4.78 is 0. The SMILES string of the molecule is C[Si]1(C)c2cc(-c3nc(-c4ccccc4-c4ccccc4)nc(-c4ccc(-c5ccccc5)c5ccccc45)n3)ccc2-c2c1ccc1ccccc21. The smallest absolute Gasteiger partial charge is 0.164 e. The largest absolute Gasteiger partial charge is 0.208 e. The van der Waals surface area contributed by atoms with Crippen LogP contribution in [-0.2, 0) is 0 Å². The molecule has 0 spiro atoms. The number of nitrogens with zero attached hydrogens (tertiary/aromatic N) is 3.